The molecule has 16 heavy (non-hydrogen) atoms. The molecule has 0 aliphatic heterocycles. The number of nitrogens with zero attached hydrogens (tertiary/aromatic N) is 2. The molecular weight excluding hydrogens is 212 g/mol. The van der Waals surface area contributed by atoms with Crippen LogP contribution in [-0.2, 0) is 9.59 Å². The molecule has 0 saturated carbocycles. The van der Waals surface area contributed by atoms with E-state index < -0.39 is 17.7 Å². The zero-order valence-corrected chi connectivity index (χ0v) is 8.49. The van der Waals surface area contributed by atoms with Crippen molar-refractivity contribution in [1.82, 2.24) is 0 Å². The third-order valence-electron chi connectivity index (χ3n) is 1.79. The number of rotatable bonds is 4. The van der Waals surface area contributed by atoms with Gasteiger partial charge in [0.25, 0.3) is 5.71 Å². The van der Waals surface area contributed by atoms with Gasteiger partial charge in [-0.3, -0.25) is 5.01 Å². The van der Waals surface area contributed by atoms with Crippen LogP contribution in [0.3, 0.4) is 0 Å². The average Bonchev–Trinajstić information content (AvgIpc) is 2.25. The molecule has 0 aliphatic rings. The lowest BCUT2D eigenvalue weighted by Gasteiger charge is -2.12. The molecule has 0 unspecified atom stereocenters. The zero-order chi connectivity index (χ0) is 12.1. The molecule has 0 amide bonds. The normalized spacial score (nSPS) is 9.31. The number of carbonyl (C=O) groups is 2. The molecule has 1 aromatic rings. The van der Waals surface area contributed by atoms with Crippen LogP contribution in [0.2, 0.25) is 0 Å². The van der Waals surface area contributed by atoms with Crippen molar-refractivity contribution in [3.05, 3.63) is 30.3 Å². The highest BCUT2D eigenvalue weighted by atomic mass is 16.4. The summed E-state index contributed by atoms with van der Waals surface area (Å²) < 4.78 is 0. The third kappa shape index (κ3) is 2.81. The standard InChI is InChI=1S/C10H10N2O4/c1-12(7-5-3-2-4-6-7)11-8(9(13)14)10(15)16/h2-6H,1H3,(H,13,14)(H,15,16). The Morgan fingerprint density at radius 2 is 1.62 bits per heavy atom. The largest absolute Gasteiger partial charge is 0.476 e. The first-order chi connectivity index (χ1) is 7.52. The molecule has 2 N–H and O–H groups in total. The Balaban J connectivity index is 2.98. The van der Waals surface area contributed by atoms with Gasteiger partial charge < -0.3 is 10.2 Å². The van der Waals surface area contributed by atoms with Gasteiger partial charge in [0.2, 0.25) is 0 Å². The van der Waals surface area contributed by atoms with Crippen molar-refractivity contribution in [3.63, 3.8) is 0 Å². The number of hydrazone groups is 1. The van der Waals surface area contributed by atoms with E-state index in [-0.39, 0.29) is 0 Å². The van der Waals surface area contributed by atoms with Crippen LogP contribution >= 0.6 is 0 Å². The lowest BCUT2D eigenvalue weighted by Crippen LogP contribution is -2.27. The van der Waals surface area contributed by atoms with Crippen LogP contribution < -0.4 is 5.01 Å². The Hall–Kier alpha value is -2.37. The van der Waals surface area contributed by atoms with Crippen molar-refractivity contribution >= 4 is 23.3 Å². The van der Waals surface area contributed by atoms with Gasteiger partial charge in [-0.1, -0.05) is 18.2 Å². The van der Waals surface area contributed by atoms with E-state index in [9.17, 15) is 9.59 Å². The van der Waals surface area contributed by atoms with E-state index in [0.29, 0.717) is 5.69 Å². The quantitative estimate of drug-likeness (QED) is 0.443. The number of hydrogen-bond donors (Lipinski definition) is 2. The van der Waals surface area contributed by atoms with Crippen molar-refractivity contribution < 1.29 is 19.8 Å². The fourth-order valence-electron chi connectivity index (χ4n) is 1.03. The van der Waals surface area contributed by atoms with Crippen LogP contribution in [0.15, 0.2) is 35.4 Å². The summed E-state index contributed by atoms with van der Waals surface area (Å²) in [4.78, 5) is 21.1. The number of hydrogen-bond acceptors (Lipinski definition) is 4. The molecule has 0 aromatic heterocycles. The monoisotopic (exact) mass is 222 g/mol. The lowest BCUT2D eigenvalue weighted by atomic mass is 10.3. The summed E-state index contributed by atoms with van der Waals surface area (Å²) in [5, 5.41) is 21.9. The predicted molar refractivity (Wildman–Crippen MR) is 57.6 cm³/mol. The predicted octanol–water partition coefficient (Wildman–Crippen LogP) is 0.648. The Kier molecular flexibility index (Phi) is 3.60. The first kappa shape index (κ1) is 11.7. The van der Waals surface area contributed by atoms with Crippen LogP contribution in [0.25, 0.3) is 0 Å². The minimum atomic E-state index is -1.57. The van der Waals surface area contributed by atoms with E-state index in [4.69, 9.17) is 10.2 Å². The van der Waals surface area contributed by atoms with Gasteiger partial charge in [0.05, 0.1) is 5.69 Å². The fourth-order valence-corrected chi connectivity index (χ4v) is 1.03. The van der Waals surface area contributed by atoms with Crippen molar-refractivity contribution in [3.8, 4) is 0 Å². The SMILES string of the molecule is CN(N=C(C(=O)O)C(=O)O)c1ccccc1. The van der Waals surface area contributed by atoms with E-state index in [0.717, 1.165) is 0 Å². The van der Waals surface area contributed by atoms with Gasteiger partial charge in [0.1, 0.15) is 0 Å². The average molecular weight is 222 g/mol. The molecule has 0 atom stereocenters. The van der Waals surface area contributed by atoms with Crippen molar-refractivity contribution in [2.75, 3.05) is 12.1 Å². The number of carboxylic acid groups (broad SMARTS) is 2. The highest BCUT2D eigenvalue weighted by Crippen LogP contribution is 2.11. The molecule has 0 spiro atoms. The summed E-state index contributed by atoms with van der Waals surface area (Å²) >= 11 is 0. The Morgan fingerprint density at radius 1 is 1.12 bits per heavy atom. The van der Waals surface area contributed by atoms with Crippen LogP contribution in [0, 0.1) is 0 Å². The first-order valence-electron chi connectivity index (χ1n) is 4.36. The maximum absolute atomic E-state index is 10.6. The van der Waals surface area contributed by atoms with Crippen LogP contribution in [-0.4, -0.2) is 34.9 Å². The van der Waals surface area contributed by atoms with Gasteiger partial charge in [0, 0.05) is 7.05 Å². The first-order valence-corrected chi connectivity index (χ1v) is 4.36. The van der Waals surface area contributed by atoms with E-state index in [1.165, 1.54) is 12.1 Å². The second kappa shape index (κ2) is 4.92. The highest BCUT2D eigenvalue weighted by molar-refractivity contribution is 6.61. The maximum atomic E-state index is 10.6. The molecule has 0 radical (unpaired) electrons. The molecule has 1 rings (SSSR count). The molecule has 6 nitrogen and oxygen atoms in total. The number of anilines is 1. The van der Waals surface area contributed by atoms with Crippen LogP contribution in [0.1, 0.15) is 0 Å². The van der Waals surface area contributed by atoms with Gasteiger partial charge >= 0.3 is 11.9 Å². The summed E-state index contributed by atoms with van der Waals surface area (Å²) in [6.07, 6.45) is 0. The van der Waals surface area contributed by atoms with Gasteiger partial charge in [-0.05, 0) is 12.1 Å². The second-order valence-electron chi connectivity index (χ2n) is 2.92. The topological polar surface area (TPSA) is 90.2 Å². The smallest absolute Gasteiger partial charge is 0.364 e. The van der Waals surface area contributed by atoms with Crippen LogP contribution in [0.5, 0.6) is 0 Å². The number of carboxylic acids is 2. The molecule has 0 heterocycles. The summed E-state index contributed by atoms with van der Waals surface area (Å²) in [7, 11) is 1.47. The minimum absolute atomic E-state index is 0.600. The molecule has 0 bridgehead atoms. The van der Waals surface area contributed by atoms with Gasteiger partial charge in [-0.15, -0.1) is 0 Å². The third-order valence-corrected chi connectivity index (χ3v) is 1.79. The fraction of sp³-hybridized carbons (Fsp3) is 0.100. The zero-order valence-electron chi connectivity index (χ0n) is 8.49. The Labute approximate surface area is 91.4 Å². The van der Waals surface area contributed by atoms with Crippen molar-refractivity contribution in [1.29, 1.82) is 0 Å². The minimum Gasteiger partial charge on any atom is -0.476 e. The van der Waals surface area contributed by atoms with Crippen molar-refractivity contribution in [2.45, 2.75) is 0 Å². The Bertz CT molecular complexity index is 412. The van der Waals surface area contributed by atoms with Gasteiger partial charge in [0.15, 0.2) is 0 Å². The maximum Gasteiger partial charge on any atom is 0.364 e. The Morgan fingerprint density at radius 3 is 2.06 bits per heavy atom. The van der Waals surface area contributed by atoms with Crippen molar-refractivity contribution in [2.24, 2.45) is 5.10 Å². The number of aliphatic carboxylic acids is 2. The number of benzene rings is 1. The molecule has 1 aromatic carbocycles. The van der Waals surface area contributed by atoms with E-state index in [1.54, 1.807) is 30.3 Å². The summed E-state index contributed by atoms with van der Waals surface area (Å²) in [6.45, 7) is 0. The summed E-state index contributed by atoms with van der Waals surface area (Å²) in [6, 6.07) is 8.64. The van der Waals surface area contributed by atoms with E-state index in [1.807, 2.05) is 0 Å². The molecule has 84 valence electrons. The van der Waals surface area contributed by atoms with Gasteiger partial charge in [-0.25, -0.2) is 9.59 Å². The highest BCUT2D eigenvalue weighted by Gasteiger charge is 2.19. The molecule has 0 fully saturated rings. The molecule has 6 heteroatoms. The van der Waals surface area contributed by atoms with Crippen LogP contribution in [0.4, 0.5) is 5.69 Å². The molecule has 0 saturated heterocycles. The van der Waals surface area contributed by atoms with Gasteiger partial charge in [-0.2, -0.15) is 5.10 Å². The number of para-hydroxylation sites is 1. The second-order valence-corrected chi connectivity index (χ2v) is 2.92. The molecule has 0 aliphatic carbocycles. The van der Waals surface area contributed by atoms with E-state index >= 15 is 0 Å². The lowest BCUT2D eigenvalue weighted by molar-refractivity contribution is -0.134. The summed E-state index contributed by atoms with van der Waals surface area (Å²) in [5.41, 5.74) is -0.325. The molecular formula is C10H10N2O4. The summed E-state index contributed by atoms with van der Waals surface area (Å²) in [5.74, 6) is -3.15. The van der Waals surface area contributed by atoms with E-state index in [2.05, 4.69) is 5.10 Å².